The molecule has 2 aromatic rings. The highest BCUT2D eigenvalue weighted by molar-refractivity contribution is 6.30. The predicted molar refractivity (Wildman–Crippen MR) is 48.4 cm³/mol. The van der Waals surface area contributed by atoms with Crippen LogP contribution in [0.25, 0.3) is 0 Å². The van der Waals surface area contributed by atoms with E-state index in [-0.39, 0.29) is 0 Å². The maximum atomic E-state index is 5.87. The van der Waals surface area contributed by atoms with E-state index in [4.69, 9.17) is 11.6 Å². The standard InChI is InChI=1S/C8H7ClN4/c9-8-7(2-1-3-11-8)4-13-6-10-5-12-13/h1-3,5-6H,4H2. The Hall–Kier alpha value is -1.42. The van der Waals surface area contributed by atoms with Gasteiger partial charge in [-0.1, -0.05) is 17.7 Å². The molecule has 0 amide bonds. The van der Waals surface area contributed by atoms with E-state index in [1.165, 1.54) is 6.33 Å². The lowest BCUT2D eigenvalue weighted by molar-refractivity contribution is 0.683. The molecule has 2 heterocycles. The number of halogens is 1. The molecular formula is C8H7ClN4. The zero-order chi connectivity index (χ0) is 9.10. The number of hydrogen-bond donors (Lipinski definition) is 0. The molecule has 66 valence electrons. The number of nitrogens with zero attached hydrogens (tertiary/aromatic N) is 4. The van der Waals surface area contributed by atoms with Crippen LogP contribution in [0.3, 0.4) is 0 Å². The Bertz CT molecular complexity index is 385. The minimum atomic E-state index is 0.512. The van der Waals surface area contributed by atoms with Crippen molar-refractivity contribution in [2.75, 3.05) is 0 Å². The van der Waals surface area contributed by atoms with Crippen LogP contribution in [0.4, 0.5) is 0 Å². The predicted octanol–water partition coefficient (Wildman–Crippen LogP) is 1.37. The van der Waals surface area contributed by atoms with Gasteiger partial charge in [-0.2, -0.15) is 5.10 Å². The molecule has 0 N–H and O–H groups in total. The molecule has 0 aliphatic rings. The molecule has 0 atom stereocenters. The lowest BCUT2D eigenvalue weighted by Crippen LogP contribution is -2.00. The molecule has 0 unspecified atom stereocenters. The lowest BCUT2D eigenvalue weighted by Gasteiger charge is -2.01. The van der Waals surface area contributed by atoms with Crippen molar-refractivity contribution in [3.63, 3.8) is 0 Å². The van der Waals surface area contributed by atoms with Crippen molar-refractivity contribution < 1.29 is 0 Å². The molecule has 0 aliphatic carbocycles. The van der Waals surface area contributed by atoms with E-state index in [1.54, 1.807) is 17.2 Å². The van der Waals surface area contributed by atoms with Crippen molar-refractivity contribution in [1.82, 2.24) is 19.7 Å². The average molecular weight is 195 g/mol. The minimum Gasteiger partial charge on any atom is -0.248 e. The normalized spacial score (nSPS) is 10.2. The summed E-state index contributed by atoms with van der Waals surface area (Å²) in [5.41, 5.74) is 0.940. The molecule has 0 saturated carbocycles. The van der Waals surface area contributed by atoms with Gasteiger partial charge in [-0.25, -0.2) is 14.6 Å². The van der Waals surface area contributed by atoms with E-state index < -0.39 is 0 Å². The Balaban J connectivity index is 2.24. The molecule has 0 saturated heterocycles. The van der Waals surface area contributed by atoms with Gasteiger partial charge in [0.05, 0.1) is 6.54 Å². The van der Waals surface area contributed by atoms with Crippen molar-refractivity contribution in [2.45, 2.75) is 6.54 Å². The van der Waals surface area contributed by atoms with Crippen LogP contribution >= 0.6 is 11.6 Å². The van der Waals surface area contributed by atoms with Gasteiger partial charge in [0, 0.05) is 11.8 Å². The van der Waals surface area contributed by atoms with Crippen LogP contribution in [0.2, 0.25) is 5.15 Å². The summed E-state index contributed by atoms with van der Waals surface area (Å²) >= 11 is 5.87. The largest absolute Gasteiger partial charge is 0.248 e. The van der Waals surface area contributed by atoms with Crippen LogP contribution in [0.1, 0.15) is 5.56 Å². The summed E-state index contributed by atoms with van der Waals surface area (Å²) in [6.45, 7) is 0.604. The number of pyridine rings is 1. The molecule has 0 spiro atoms. The minimum absolute atomic E-state index is 0.512. The molecule has 13 heavy (non-hydrogen) atoms. The topological polar surface area (TPSA) is 43.6 Å². The van der Waals surface area contributed by atoms with Gasteiger partial charge in [0.25, 0.3) is 0 Å². The van der Waals surface area contributed by atoms with E-state index in [9.17, 15) is 0 Å². The van der Waals surface area contributed by atoms with E-state index in [1.807, 2.05) is 12.1 Å². The van der Waals surface area contributed by atoms with E-state index in [2.05, 4.69) is 15.1 Å². The van der Waals surface area contributed by atoms with Gasteiger partial charge in [0.1, 0.15) is 17.8 Å². The third-order valence-electron chi connectivity index (χ3n) is 1.64. The molecule has 2 aromatic heterocycles. The molecule has 0 aliphatic heterocycles. The third kappa shape index (κ3) is 1.84. The highest BCUT2D eigenvalue weighted by atomic mass is 35.5. The first-order valence-corrected chi connectivity index (χ1v) is 4.16. The smallest absolute Gasteiger partial charge is 0.137 e. The Labute approximate surface area is 80.2 Å². The van der Waals surface area contributed by atoms with Gasteiger partial charge in [-0.05, 0) is 6.07 Å². The fourth-order valence-electron chi connectivity index (χ4n) is 1.03. The van der Waals surface area contributed by atoms with Crippen molar-refractivity contribution in [3.05, 3.63) is 41.7 Å². The monoisotopic (exact) mass is 194 g/mol. The molecule has 4 nitrogen and oxygen atoms in total. The van der Waals surface area contributed by atoms with Crippen molar-refractivity contribution in [1.29, 1.82) is 0 Å². The van der Waals surface area contributed by atoms with Gasteiger partial charge >= 0.3 is 0 Å². The second kappa shape index (κ2) is 3.53. The zero-order valence-electron chi connectivity index (χ0n) is 6.76. The molecule has 0 aromatic carbocycles. The Morgan fingerprint density at radius 3 is 3.08 bits per heavy atom. The van der Waals surface area contributed by atoms with Gasteiger partial charge in [-0.3, -0.25) is 0 Å². The average Bonchev–Trinajstić information content (AvgIpc) is 2.61. The van der Waals surface area contributed by atoms with Crippen molar-refractivity contribution >= 4 is 11.6 Å². The Morgan fingerprint density at radius 1 is 1.46 bits per heavy atom. The summed E-state index contributed by atoms with van der Waals surface area (Å²) < 4.78 is 1.70. The van der Waals surface area contributed by atoms with Crippen LogP contribution in [0, 0.1) is 0 Å². The fraction of sp³-hybridized carbons (Fsp3) is 0.125. The molecule has 0 bridgehead atoms. The maximum Gasteiger partial charge on any atom is 0.137 e. The highest BCUT2D eigenvalue weighted by Gasteiger charge is 2.00. The molecule has 5 heteroatoms. The van der Waals surface area contributed by atoms with Crippen LogP contribution in [-0.4, -0.2) is 19.7 Å². The fourth-order valence-corrected chi connectivity index (χ4v) is 1.21. The van der Waals surface area contributed by atoms with Crippen LogP contribution in [-0.2, 0) is 6.54 Å². The second-order valence-electron chi connectivity index (χ2n) is 2.55. The summed E-state index contributed by atoms with van der Waals surface area (Å²) in [5.74, 6) is 0. The quantitative estimate of drug-likeness (QED) is 0.679. The van der Waals surface area contributed by atoms with Gasteiger partial charge in [-0.15, -0.1) is 0 Å². The first-order valence-electron chi connectivity index (χ1n) is 3.78. The Morgan fingerprint density at radius 2 is 2.38 bits per heavy atom. The molecule has 0 fully saturated rings. The zero-order valence-corrected chi connectivity index (χ0v) is 7.52. The van der Waals surface area contributed by atoms with E-state index >= 15 is 0 Å². The molecular weight excluding hydrogens is 188 g/mol. The maximum absolute atomic E-state index is 5.87. The first-order chi connectivity index (χ1) is 6.36. The number of rotatable bonds is 2. The summed E-state index contributed by atoms with van der Waals surface area (Å²) in [6, 6.07) is 3.76. The molecule has 0 radical (unpaired) electrons. The van der Waals surface area contributed by atoms with E-state index in [0.29, 0.717) is 11.7 Å². The summed E-state index contributed by atoms with van der Waals surface area (Å²) in [4.78, 5) is 7.80. The van der Waals surface area contributed by atoms with Crippen molar-refractivity contribution in [2.24, 2.45) is 0 Å². The van der Waals surface area contributed by atoms with Crippen LogP contribution in [0.5, 0.6) is 0 Å². The SMILES string of the molecule is Clc1ncccc1Cn1cncn1. The number of hydrogen-bond acceptors (Lipinski definition) is 3. The molecule has 2 rings (SSSR count). The van der Waals surface area contributed by atoms with Crippen LogP contribution in [0.15, 0.2) is 31.0 Å². The third-order valence-corrected chi connectivity index (χ3v) is 1.98. The number of aromatic nitrogens is 4. The Kier molecular flexibility index (Phi) is 2.23. The van der Waals surface area contributed by atoms with E-state index in [0.717, 1.165) is 5.56 Å². The second-order valence-corrected chi connectivity index (χ2v) is 2.90. The highest BCUT2D eigenvalue weighted by Crippen LogP contribution is 2.11. The summed E-state index contributed by atoms with van der Waals surface area (Å²) in [6.07, 6.45) is 4.79. The summed E-state index contributed by atoms with van der Waals surface area (Å²) in [7, 11) is 0. The first kappa shape index (κ1) is 8.19. The van der Waals surface area contributed by atoms with Gasteiger partial charge in [0.2, 0.25) is 0 Å². The lowest BCUT2D eigenvalue weighted by atomic mass is 10.3. The van der Waals surface area contributed by atoms with Crippen LogP contribution < -0.4 is 0 Å². The summed E-state index contributed by atoms with van der Waals surface area (Å²) in [5, 5.41) is 4.48. The van der Waals surface area contributed by atoms with Gasteiger partial charge < -0.3 is 0 Å². The van der Waals surface area contributed by atoms with Gasteiger partial charge in [0.15, 0.2) is 0 Å². The van der Waals surface area contributed by atoms with Crippen molar-refractivity contribution in [3.8, 4) is 0 Å².